The van der Waals surface area contributed by atoms with Gasteiger partial charge in [-0.1, -0.05) is 13.8 Å². The molecule has 1 aromatic carbocycles. The van der Waals surface area contributed by atoms with Crippen LogP contribution in [0.2, 0.25) is 0 Å². The van der Waals surface area contributed by atoms with Gasteiger partial charge in [0.2, 0.25) is 0 Å². The van der Waals surface area contributed by atoms with Crippen molar-refractivity contribution < 1.29 is 4.74 Å². The molecule has 1 unspecified atom stereocenters. The van der Waals surface area contributed by atoms with Crippen molar-refractivity contribution in [3.05, 3.63) is 41.3 Å². The molecule has 0 saturated carbocycles. The molecule has 0 radical (unpaired) electrons. The first-order valence-corrected chi connectivity index (χ1v) is 12.0. The Morgan fingerprint density at radius 3 is 2.25 bits per heavy atom. The lowest BCUT2D eigenvalue weighted by Gasteiger charge is -2.20. The van der Waals surface area contributed by atoms with E-state index < -0.39 is 0 Å². The molecule has 174 valence electrons. The molecule has 3 rings (SSSR count). The van der Waals surface area contributed by atoms with Gasteiger partial charge in [0.15, 0.2) is 5.82 Å². The Hall–Kier alpha value is -2.60. The molecule has 6 nitrogen and oxygen atoms in total. The molecular formula is C26H39N5O. The number of fused-ring (bicyclic) bond motifs is 1. The third kappa shape index (κ3) is 5.07. The van der Waals surface area contributed by atoms with Crippen LogP contribution in [0.4, 0.5) is 5.82 Å². The lowest BCUT2D eigenvalue weighted by Crippen LogP contribution is -2.25. The minimum Gasteiger partial charge on any atom is -0.494 e. The van der Waals surface area contributed by atoms with Crippen molar-refractivity contribution in [3.63, 3.8) is 0 Å². The average molecular weight is 438 g/mol. The third-order valence-electron chi connectivity index (χ3n) is 6.34. The van der Waals surface area contributed by atoms with Crippen molar-refractivity contribution in [2.45, 2.75) is 67.3 Å². The highest BCUT2D eigenvalue weighted by Crippen LogP contribution is 2.34. The van der Waals surface area contributed by atoms with E-state index in [9.17, 15) is 0 Å². The van der Waals surface area contributed by atoms with Gasteiger partial charge in [-0.05, 0) is 91.4 Å². The molecule has 0 bridgehead atoms. The molecular weight excluding hydrogens is 398 g/mol. The van der Waals surface area contributed by atoms with Crippen LogP contribution in [0.25, 0.3) is 16.5 Å². The van der Waals surface area contributed by atoms with Gasteiger partial charge in [0, 0.05) is 33.9 Å². The van der Waals surface area contributed by atoms with Crippen molar-refractivity contribution >= 4 is 16.6 Å². The summed E-state index contributed by atoms with van der Waals surface area (Å²) in [7, 11) is 0. The summed E-state index contributed by atoms with van der Waals surface area (Å²) in [5.41, 5.74) is 4.45. The van der Waals surface area contributed by atoms with Crippen LogP contribution >= 0.6 is 0 Å². The first-order valence-electron chi connectivity index (χ1n) is 12.0. The van der Waals surface area contributed by atoms with Crippen LogP contribution in [0, 0.1) is 20.8 Å². The number of aromatic nitrogens is 3. The Bertz CT molecular complexity index is 1020. The average Bonchev–Trinajstić information content (AvgIpc) is 3.05. The molecule has 1 atom stereocenters. The molecule has 1 N–H and O–H groups in total. The second-order valence-electron chi connectivity index (χ2n) is 8.53. The molecule has 0 spiro atoms. The van der Waals surface area contributed by atoms with Crippen molar-refractivity contribution in [3.8, 4) is 11.4 Å². The Balaban J connectivity index is 1.89. The van der Waals surface area contributed by atoms with Crippen molar-refractivity contribution in [2.24, 2.45) is 0 Å². The first kappa shape index (κ1) is 24.1. The van der Waals surface area contributed by atoms with Crippen LogP contribution in [0.5, 0.6) is 5.75 Å². The number of nitrogens with zero attached hydrogens (tertiary/aromatic N) is 4. The lowest BCUT2D eigenvalue weighted by atomic mass is 10.1. The monoisotopic (exact) mass is 437 g/mol. The number of rotatable bonds is 11. The molecule has 0 aliphatic carbocycles. The van der Waals surface area contributed by atoms with Gasteiger partial charge in [-0.15, -0.1) is 5.10 Å². The zero-order valence-corrected chi connectivity index (χ0v) is 20.8. The Labute approximate surface area is 193 Å². The molecule has 2 aromatic heterocycles. The number of ether oxygens (including phenoxy) is 1. The lowest BCUT2D eigenvalue weighted by molar-refractivity contribution is 0.295. The van der Waals surface area contributed by atoms with E-state index in [4.69, 9.17) is 4.74 Å². The van der Waals surface area contributed by atoms with E-state index in [0.29, 0.717) is 12.6 Å². The fourth-order valence-electron chi connectivity index (χ4n) is 4.61. The van der Waals surface area contributed by atoms with Gasteiger partial charge in [0.25, 0.3) is 0 Å². The molecule has 6 heteroatoms. The highest BCUT2D eigenvalue weighted by Gasteiger charge is 2.20. The van der Waals surface area contributed by atoms with E-state index in [1.54, 1.807) is 0 Å². The fourth-order valence-corrected chi connectivity index (χ4v) is 4.61. The smallest absolute Gasteiger partial charge is 0.158 e. The summed E-state index contributed by atoms with van der Waals surface area (Å²) in [6, 6.07) is 8.62. The molecule has 0 saturated heterocycles. The van der Waals surface area contributed by atoms with E-state index in [2.05, 4.69) is 71.7 Å². The van der Waals surface area contributed by atoms with Crippen LogP contribution in [-0.2, 0) is 0 Å². The van der Waals surface area contributed by atoms with Crippen molar-refractivity contribution in [2.75, 3.05) is 31.6 Å². The normalized spacial score (nSPS) is 12.5. The molecule has 0 fully saturated rings. The summed E-state index contributed by atoms with van der Waals surface area (Å²) in [6.07, 6.45) is 2.27. The van der Waals surface area contributed by atoms with Crippen LogP contribution < -0.4 is 10.1 Å². The number of aryl methyl sites for hydroxylation is 3. The summed E-state index contributed by atoms with van der Waals surface area (Å²) in [6.45, 7) is 19.1. The standard InChI is InChI=1S/C26H39N5O/c1-8-30(9-2)17-11-12-18(4)27-26-25-21(7)31(20(6)24(25)19(5)28-29-26)22-13-15-23(16-14-22)32-10-3/h13-16,18H,8-12,17H2,1-7H3,(H,27,29). The van der Waals surface area contributed by atoms with Crippen LogP contribution in [0.1, 0.15) is 57.6 Å². The maximum atomic E-state index is 5.62. The van der Waals surface area contributed by atoms with E-state index >= 15 is 0 Å². The van der Waals surface area contributed by atoms with Crippen molar-refractivity contribution in [1.29, 1.82) is 0 Å². The van der Waals surface area contributed by atoms with Crippen molar-refractivity contribution in [1.82, 2.24) is 19.7 Å². The number of nitrogens with one attached hydrogen (secondary N) is 1. The van der Waals surface area contributed by atoms with E-state index in [0.717, 1.165) is 49.0 Å². The molecule has 0 aliphatic heterocycles. The zero-order chi connectivity index (χ0) is 23.3. The Morgan fingerprint density at radius 1 is 0.969 bits per heavy atom. The largest absolute Gasteiger partial charge is 0.494 e. The maximum Gasteiger partial charge on any atom is 0.158 e. The molecule has 0 amide bonds. The van der Waals surface area contributed by atoms with Gasteiger partial charge in [-0.3, -0.25) is 0 Å². The predicted molar refractivity (Wildman–Crippen MR) is 134 cm³/mol. The second-order valence-corrected chi connectivity index (χ2v) is 8.53. The van der Waals surface area contributed by atoms with Crippen LogP contribution in [0.3, 0.4) is 0 Å². The summed E-state index contributed by atoms with van der Waals surface area (Å²) in [5, 5.41) is 15.1. The quantitative estimate of drug-likeness (QED) is 0.419. The summed E-state index contributed by atoms with van der Waals surface area (Å²) >= 11 is 0. The van der Waals surface area contributed by atoms with E-state index in [1.807, 2.05) is 26.0 Å². The fraction of sp³-hybridized carbons (Fsp3) is 0.538. The van der Waals surface area contributed by atoms with Gasteiger partial charge in [-0.25, -0.2) is 0 Å². The van der Waals surface area contributed by atoms with E-state index in [1.165, 1.54) is 28.6 Å². The first-order chi connectivity index (χ1) is 15.4. The molecule has 2 heterocycles. The summed E-state index contributed by atoms with van der Waals surface area (Å²) < 4.78 is 7.92. The number of anilines is 1. The number of benzene rings is 1. The van der Waals surface area contributed by atoms with E-state index in [-0.39, 0.29) is 0 Å². The Kier molecular flexibility index (Phi) is 8.13. The van der Waals surface area contributed by atoms with Gasteiger partial charge in [0.05, 0.1) is 12.3 Å². The third-order valence-corrected chi connectivity index (χ3v) is 6.34. The van der Waals surface area contributed by atoms with Gasteiger partial charge in [0.1, 0.15) is 5.75 Å². The molecule has 32 heavy (non-hydrogen) atoms. The summed E-state index contributed by atoms with van der Waals surface area (Å²) in [4.78, 5) is 2.47. The Morgan fingerprint density at radius 2 is 1.62 bits per heavy atom. The van der Waals surface area contributed by atoms with Gasteiger partial charge < -0.3 is 19.5 Å². The van der Waals surface area contributed by atoms with Crippen LogP contribution in [-0.4, -0.2) is 51.9 Å². The number of hydrogen-bond donors (Lipinski definition) is 1. The molecule has 3 aromatic rings. The highest BCUT2D eigenvalue weighted by atomic mass is 16.5. The summed E-state index contributed by atoms with van der Waals surface area (Å²) in [5.74, 6) is 1.77. The molecule has 0 aliphatic rings. The van der Waals surface area contributed by atoms with Gasteiger partial charge >= 0.3 is 0 Å². The highest BCUT2D eigenvalue weighted by molar-refractivity contribution is 5.98. The minimum atomic E-state index is 0.333. The maximum absolute atomic E-state index is 5.62. The minimum absolute atomic E-state index is 0.333. The van der Waals surface area contributed by atoms with Gasteiger partial charge in [-0.2, -0.15) is 5.10 Å². The van der Waals surface area contributed by atoms with Crippen LogP contribution in [0.15, 0.2) is 24.3 Å². The topological polar surface area (TPSA) is 55.2 Å². The second kappa shape index (κ2) is 10.8. The predicted octanol–water partition coefficient (Wildman–Crippen LogP) is 5.67. The zero-order valence-electron chi connectivity index (χ0n) is 20.8. The SMILES string of the molecule is CCOc1ccc(-n2c(C)c3c(C)nnc(NC(C)CCCN(CC)CC)c3c2C)cc1. The number of hydrogen-bond acceptors (Lipinski definition) is 5.